The number of aromatic nitrogens is 2. The van der Waals surface area contributed by atoms with E-state index >= 15 is 0 Å². The molecule has 0 saturated heterocycles. The van der Waals surface area contributed by atoms with Crippen LogP contribution in [0, 0.1) is 5.82 Å². The maximum Gasteiger partial charge on any atom is 0.412 e. The Kier molecular flexibility index (Phi) is 7.79. The van der Waals surface area contributed by atoms with E-state index in [0.29, 0.717) is 59.7 Å². The fourth-order valence-corrected chi connectivity index (χ4v) is 4.79. The summed E-state index contributed by atoms with van der Waals surface area (Å²) in [5, 5.41) is 10.9. The number of hydrogen-bond donors (Lipinski definition) is 2. The fourth-order valence-electron chi connectivity index (χ4n) is 4.79. The smallest absolute Gasteiger partial charge is 0.412 e. The standard InChI is InChI=1S/C30H30FN5O3/c1-3-36(4-2)13-14-39-30(38)33-28-18-21-11-10-20(17-26(21)32-28)24-15-19(9-12-25(24)31)16-27-22-7-5-6-8-23(22)29(37)35-34-27/h5-12,15,17H,3-4,13-14,16,18H2,1-2H3,(H,35,37)(H,32,33,38). The van der Waals surface area contributed by atoms with Gasteiger partial charge < -0.3 is 9.64 Å². The van der Waals surface area contributed by atoms with Gasteiger partial charge in [0.25, 0.3) is 5.56 Å². The summed E-state index contributed by atoms with van der Waals surface area (Å²) < 4.78 is 20.2. The maximum atomic E-state index is 15.0. The number of amides is 1. The van der Waals surface area contributed by atoms with Crippen LogP contribution in [0.4, 0.5) is 14.9 Å². The molecule has 0 atom stereocenters. The molecule has 1 amide bonds. The van der Waals surface area contributed by atoms with Crippen molar-refractivity contribution in [1.82, 2.24) is 20.4 Å². The number of alkyl carbamates (subject to hydrolysis) is 1. The lowest BCUT2D eigenvalue weighted by molar-refractivity contribution is 0.134. The van der Waals surface area contributed by atoms with Crippen LogP contribution < -0.4 is 10.9 Å². The zero-order valence-corrected chi connectivity index (χ0v) is 22.0. The average Bonchev–Trinajstić information content (AvgIpc) is 3.35. The van der Waals surface area contributed by atoms with Gasteiger partial charge in [-0.25, -0.2) is 19.3 Å². The van der Waals surface area contributed by atoms with Gasteiger partial charge in [-0.15, -0.1) is 0 Å². The van der Waals surface area contributed by atoms with Crippen molar-refractivity contribution >= 4 is 28.4 Å². The number of fused-ring (bicyclic) bond motifs is 2. The number of carbonyl (C=O) groups is 1. The molecule has 1 aliphatic heterocycles. The van der Waals surface area contributed by atoms with Crippen molar-refractivity contribution in [2.24, 2.45) is 4.99 Å². The number of nitrogens with zero attached hydrogens (tertiary/aromatic N) is 3. The minimum Gasteiger partial charge on any atom is -0.448 e. The molecule has 1 aliphatic rings. The number of aliphatic imine (C=N–C) groups is 1. The molecule has 0 unspecified atom stereocenters. The Bertz CT molecular complexity index is 1610. The molecule has 0 radical (unpaired) electrons. The third kappa shape index (κ3) is 5.88. The van der Waals surface area contributed by atoms with Gasteiger partial charge in [0, 0.05) is 30.3 Å². The van der Waals surface area contributed by atoms with Crippen molar-refractivity contribution in [2.75, 3.05) is 26.2 Å². The molecule has 2 N–H and O–H groups in total. The number of ether oxygens (including phenoxy) is 1. The number of aromatic amines is 1. The molecule has 0 saturated carbocycles. The zero-order valence-electron chi connectivity index (χ0n) is 22.0. The highest BCUT2D eigenvalue weighted by Crippen LogP contribution is 2.33. The summed E-state index contributed by atoms with van der Waals surface area (Å²) in [6.45, 7) is 6.91. The highest BCUT2D eigenvalue weighted by molar-refractivity contribution is 6.01. The van der Waals surface area contributed by atoms with E-state index < -0.39 is 6.09 Å². The minimum atomic E-state index is -0.531. The molecular weight excluding hydrogens is 497 g/mol. The summed E-state index contributed by atoms with van der Waals surface area (Å²) in [4.78, 5) is 31.1. The van der Waals surface area contributed by atoms with Crippen LogP contribution in [0.3, 0.4) is 0 Å². The second-order valence-electron chi connectivity index (χ2n) is 9.40. The second kappa shape index (κ2) is 11.6. The van der Waals surface area contributed by atoms with Crippen molar-refractivity contribution in [3.63, 3.8) is 0 Å². The fraction of sp³-hybridized carbons (Fsp3) is 0.267. The van der Waals surface area contributed by atoms with Crippen molar-refractivity contribution < 1.29 is 13.9 Å². The second-order valence-corrected chi connectivity index (χ2v) is 9.40. The van der Waals surface area contributed by atoms with Crippen LogP contribution in [0.5, 0.6) is 0 Å². The molecule has 200 valence electrons. The Morgan fingerprint density at radius 2 is 1.87 bits per heavy atom. The molecule has 9 heteroatoms. The first kappa shape index (κ1) is 26.2. The van der Waals surface area contributed by atoms with Gasteiger partial charge in [-0.3, -0.25) is 10.1 Å². The number of benzene rings is 3. The van der Waals surface area contributed by atoms with E-state index in [9.17, 15) is 14.0 Å². The normalized spacial score (nSPS) is 12.5. The van der Waals surface area contributed by atoms with Crippen LogP contribution in [0.25, 0.3) is 21.9 Å². The van der Waals surface area contributed by atoms with E-state index in [-0.39, 0.29) is 11.4 Å². The van der Waals surface area contributed by atoms with Crippen LogP contribution in [0.15, 0.2) is 70.5 Å². The van der Waals surface area contributed by atoms with Gasteiger partial charge in [0.2, 0.25) is 0 Å². The highest BCUT2D eigenvalue weighted by Gasteiger charge is 2.19. The van der Waals surface area contributed by atoms with Crippen molar-refractivity contribution in [2.45, 2.75) is 26.7 Å². The molecule has 0 aliphatic carbocycles. The minimum absolute atomic E-state index is 0.241. The molecule has 39 heavy (non-hydrogen) atoms. The van der Waals surface area contributed by atoms with Gasteiger partial charge in [-0.2, -0.15) is 5.10 Å². The summed E-state index contributed by atoms with van der Waals surface area (Å²) in [5.74, 6) is 0.148. The lowest BCUT2D eigenvalue weighted by Gasteiger charge is -2.17. The quantitative estimate of drug-likeness (QED) is 0.337. The number of rotatable bonds is 8. The van der Waals surface area contributed by atoms with Crippen molar-refractivity contribution in [3.8, 4) is 11.1 Å². The number of hydrogen-bond acceptors (Lipinski definition) is 6. The van der Waals surface area contributed by atoms with Crippen LogP contribution in [-0.2, 0) is 17.6 Å². The Balaban J connectivity index is 1.31. The molecule has 8 nitrogen and oxygen atoms in total. The first-order valence-corrected chi connectivity index (χ1v) is 13.1. The summed E-state index contributed by atoms with van der Waals surface area (Å²) >= 11 is 0. The zero-order chi connectivity index (χ0) is 27.4. The SMILES string of the molecule is CCN(CC)CCOC(=O)NC1=Nc2cc(-c3cc(Cc4n[nH]c(=O)c5ccccc45)ccc3F)ccc2C1. The predicted molar refractivity (Wildman–Crippen MR) is 150 cm³/mol. The van der Waals surface area contributed by atoms with E-state index in [0.717, 1.165) is 29.6 Å². The van der Waals surface area contributed by atoms with Crippen molar-refractivity contribution in [1.29, 1.82) is 0 Å². The third-order valence-corrected chi connectivity index (χ3v) is 6.97. The maximum absolute atomic E-state index is 15.0. The van der Waals surface area contributed by atoms with Gasteiger partial charge in [-0.05, 0) is 54.0 Å². The van der Waals surface area contributed by atoms with Gasteiger partial charge in [-0.1, -0.05) is 50.2 Å². The molecular formula is C30H30FN5O3. The number of amidine groups is 1. The molecule has 5 rings (SSSR count). The predicted octanol–water partition coefficient (Wildman–Crippen LogP) is 4.97. The molecule has 2 heterocycles. The molecule has 0 bridgehead atoms. The van der Waals surface area contributed by atoms with Gasteiger partial charge in [0.05, 0.1) is 16.8 Å². The van der Waals surface area contributed by atoms with Crippen LogP contribution in [0.2, 0.25) is 0 Å². The monoisotopic (exact) mass is 527 g/mol. The van der Waals surface area contributed by atoms with Crippen molar-refractivity contribution in [3.05, 3.63) is 93.7 Å². The lowest BCUT2D eigenvalue weighted by Crippen LogP contribution is -2.34. The van der Waals surface area contributed by atoms with Gasteiger partial charge >= 0.3 is 6.09 Å². The van der Waals surface area contributed by atoms with Crippen LogP contribution >= 0.6 is 0 Å². The highest BCUT2D eigenvalue weighted by atomic mass is 19.1. The number of H-pyrrole nitrogens is 1. The molecule has 4 aromatic rings. The summed E-state index contributed by atoms with van der Waals surface area (Å²) in [6, 6.07) is 17.8. The Morgan fingerprint density at radius 3 is 2.67 bits per heavy atom. The van der Waals surface area contributed by atoms with E-state index in [4.69, 9.17) is 4.74 Å². The summed E-state index contributed by atoms with van der Waals surface area (Å²) in [5.41, 5.74) is 4.07. The first-order valence-electron chi connectivity index (χ1n) is 13.1. The van der Waals surface area contributed by atoms with E-state index in [2.05, 4.69) is 39.3 Å². The van der Waals surface area contributed by atoms with E-state index in [1.165, 1.54) is 6.07 Å². The van der Waals surface area contributed by atoms with E-state index in [1.54, 1.807) is 18.2 Å². The first-order chi connectivity index (χ1) is 18.9. The Hall–Kier alpha value is -4.37. The van der Waals surface area contributed by atoms with Crippen LogP contribution in [-0.4, -0.2) is 53.3 Å². The number of nitrogens with one attached hydrogen (secondary N) is 2. The average molecular weight is 528 g/mol. The Labute approximate surface area is 225 Å². The molecule has 3 aromatic carbocycles. The summed E-state index contributed by atoms with van der Waals surface area (Å²) in [6.07, 6.45) is 0.364. The molecule has 1 aromatic heterocycles. The number of halogens is 1. The lowest BCUT2D eigenvalue weighted by atomic mass is 9.97. The molecule has 0 fully saturated rings. The molecule has 0 spiro atoms. The Morgan fingerprint density at radius 1 is 1.08 bits per heavy atom. The van der Waals surface area contributed by atoms with Crippen LogP contribution in [0.1, 0.15) is 30.7 Å². The number of likely N-dealkylation sites (N-methyl/N-ethyl adjacent to an activating group) is 1. The number of carbonyl (C=O) groups excluding carboxylic acids is 1. The topological polar surface area (TPSA) is 99.7 Å². The third-order valence-electron chi connectivity index (χ3n) is 6.97. The van der Waals surface area contributed by atoms with E-state index in [1.807, 2.05) is 36.4 Å². The summed E-state index contributed by atoms with van der Waals surface area (Å²) in [7, 11) is 0. The van der Waals surface area contributed by atoms with Gasteiger partial charge in [0.1, 0.15) is 18.3 Å². The largest absolute Gasteiger partial charge is 0.448 e. The van der Waals surface area contributed by atoms with Gasteiger partial charge in [0.15, 0.2) is 0 Å².